The smallest absolute Gasteiger partial charge is 0.330 e. The lowest BCUT2D eigenvalue weighted by molar-refractivity contribution is -0.116. The average molecular weight is 469 g/mol. The number of benzene rings is 2. The van der Waals surface area contributed by atoms with Crippen molar-refractivity contribution in [1.82, 2.24) is 9.55 Å². The van der Waals surface area contributed by atoms with E-state index >= 15 is 0 Å². The van der Waals surface area contributed by atoms with E-state index < -0.39 is 11.2 Å². The van der Waals surface area contributed by atoms with Gasteiger partial charge >= 0.3 is 5.69 Å². The highest BCUT2D eigenvalue weighted by Crippen LogP contribution is 2.26. The third kappa shape index (κ3) is 5.94. The molecular weight excluding hydrogens is 440 g/mol. The summed E-state index contributed by atoms with van der Waals surface area (Å²) in [6.07, 6.45) is 0. The van der Waals surface area contributed by atoms with Gasteiger partial charge < -0.3 is 10.5 Å². The van der Waals surface area contributed by atoms with Gasteiger partial charge in [0.2, 0.25) is 5.91 Å². The van der Waals surface area contributed by atoms with Crippen LogP contribution in [-0.2, 0) is 22.6 Å². The van der Waals surface area contributed by atoms with Gasteiger partial charge in [0.15, 0.2) is 5.69 Å². The fourth-order valence-corrected chi connectivity index (χ4v) is 4.38. The van der Waals surface area contributed by atoms with E-state index in [1.54, 1.807) is 0 Å². The van der Waals surface area contributed by atoms with Gasteiger partial charge in [-0.05, 0) is 31.0 Å². The first-order chi connectivity index (χ1) is 15.8. The molecule has 0 aliphatic rings. The molecule has 2 aromatic carbocycles. The number of thioether (sulfide) groups is 1. The van der Waals surface area contributed by atoms with Gasteiger partial charge in [0, 0.05) is 12.0 Å². The van der Waals surface area contributed by atoms with Crippen LogP contribution in [-0.4, -0.2) is 34.9 Å². The van der Waals surface area contributed by atoms with E-state index in [0.29, 0.717) is 0 Å². The molecule has 0 aliphatic carbocycles. The quantitative estimate of drug-likeness (QED) is 0.467. The standard InChI is InChI=1S/C24H28N4O4S/c1-16-9-10-17(2)19(13-16)33-15-20(29)28(14-18-7-5-4-6-8-18)21-22(25)27(11-12-32-3)24(31)26-23(21)30/h4-10,13H,11-12,14-15,25H2,1-3H3,(H,26,30,31). The number of nitrogens with one attached hydrogen (secondary N) is 1. The van der Waals surface area contributed by atoms with Gasteiger partial charge in [-0.2, -0.15) is 0 Å². The Bertz CT molecular complexity index is 1240. The first-order valence-electron chi connectivity index (χ1n) is 10.5. The maximum Gasteiger partial charge on any atom is 0.330 e. The van der Waals surface area contributed by atoms with Crippen LogP contribution >= 0.6 is 11.8 Å². The SMILES string of the molecule is COCCn1c(N)c(N(Cc2ccccc2)C(=O)CSc2cc(C)ccc2C)c(=O)[nH]c1=O. The van der Waals surface area contributed by atoms with Crippen LogP contribution in [0.15, 0.2) is 63.0 Å². The van der Waals surface area contributed by atoms with Crippen LogP contribution in [0.4, 0.5) is 11.5 Å². The number of ether oxygens (including phenoxy) is 1. The van der Waals surface area contributed by atoms with Crippen molar-refractivity contribution in [3.63, 3.8) is 0 Å². The normalized spacial score (nSPS) is 10.9. The van der Waals surface area contributed by atoms with E-state index in [9.17, 15) is 14.4 Å². The van der Waals surface area contributed by atoms with Crippen LogP contribution in [0.3, 0.4) is 0 Å². The molecule has 9 heteroatoms. The molecule has 0 saturated carbocycles. The Morgan fingerprint density at radius 2 is 1.88 bits per heavy atom. The van der Waals surface area contributed by atoms with Crippen molar-refractivity contribution in [3.05, 3.63) is 86.1 Å². The molecule has 0 fully saturated rings. The number of anilines is 2. The number of amides is 1. The number of H-pyrrole nitrogens is 1. The molecule has 1 heterocycles. The molecule has 0 saturated heterocycles. The summed E-state index contributed by atoms with van der Waals surface area (Å²) in [7, 11) is 1.50. The Morgan fingerprint density at radius 1 is 1.15 bits per heavy atom. The Kier molecular flexibility index (Phi) is 8.13. The van der Waals surface area contributed by atoms with Crippen LogP contribution in [0, 0.1) is 13.8 Å². The number of hydrogen-bond donors (Lipinski definition) is 2. The summed E-state index contributed by atoms with van der Waals surface area (Å²) in [5.41, 5.74) is 7.87. The van der Waals surface area contributed by atoms with E-state index in [1.807, 2.05) is 62.4 Å². The molecule has 0 radical (unpaired) electrons. The van der Waals surface area contributed by atoms with Crippen LogP contribution in [0.2, 0.25) is 0 Å². The summed E-state index contributed by atoms with van der Waals surface area (Å²) < 4.78 is 6.26. The van der Waals surface area contributed by atoms with Crippen LogP contribution < -0.4 is 21.9 Å². The zero-order valence-corrected chi connectivity index (χ0v) is 19.8. The second-order valence-electron chi connectivity index (χ2n) is 7.66. The molecular formula is C24H28N4O4S. The van der Waals surface area contributed by atoms with Crippen LogP contribution in [0.5, 0.6) is 0 Å². The second kappa shape index (κ2) is 11.0. The minimum Gasteiger partial charge on any atom is -0.383 e. The molecule has 8 nitrogen and oxygen atoms in total. The topological polar surface area (TPSA) is 110 Å². The van der Waals surface area contributed by atoms with Crippen molar-refractivity contribution in [1.29, 1.82) is 0 Å². The number of carbonyl (C=O) groups is 1. The minimum absolute atomic E-state index is 0.0406. The van der Waals surface area contributed by atoms with Gasteiger partial charge in [-0.3, -0.25) is 24.0 Å². The third-order valence-corrected chi connectivity index (χ3v) is 6.32. The number of carbonyl (C=O) groups excluding carboxylic acids is 1. The van der Waals surface area contributed by atoms with Crippen LogP contribution in [0.1, 0.15) is 16.7 Å². The predicted molar refractivity (Wildman–Crippen MR) is 132 cm³/mol. The fourth-order valence-electron chi connectivity index (χ4n) is 3.38. The van der Waals surface area contributed by atoms with Crippen molar-refractivity contribution in [2.45, 2.75) is 31.8 Å². The summed E-state index contributed by atoms with van der Waals surface area (Å²) >= 11 is 1.40. The number of methoxy groups -OCH3 is 1. The molecule has 33 heavy (non-hydrogen) atoms. The fraction of sp³-hybridized carbons (Fsp3) is 0.292. The molecule has 0 spiro atoms. The van der Waals surface area contributed by atoms with Gasteiger partial charge in [0.1, 0.15) is 5.82 Å². The largest absolute Gasteiger partial charge is 0.383 e. The molecule has 1 amide bonds. The maximum absolute atomic E-state index is 13.4. The van der Waals surface area contributed by atoms with Gasteiger partial charge in [-0.15, -0.1) is 11.8 Å². The summed E-state index contributed by atoms with van der Waals surface area (Å²) in [5, 5.41) is 0. The molecule has 174 valence electrons. The Labute approximate surface area is 196 Å². The molecule has 0 atom stereocenters. The molecule has 0 unspecified atom stereocenters. The van der Waals surface area contributed by atoms with E-state index in [0.717, 1.165) is 21.6 Å². The number of aromatic nitrogens is 2. The zero-order chi connectivity index (χ0) is 24.0. The summed E-state index contributed by atoms with van der Waals surface area (Å²) in [6, 6.07) is 15.4. The lowest BCUT2D eigenvalue weighted by Crippen LogP contribution is -2.41. The van der Waals surface area contributed by atoms with Crippen LogP contribution in [0.25, 0.3) is 0 Å². The van der Waals surface area contributed by atoms with Crippen molar-refractivity contribution < 1.29 is 9.53 Å². The van der Waals surface area contributed by atoms with E-state index in [1.165, 1.54) is 28.3 Å². The monoisotopic (exact) mass is 468 g/mol. The lowest BCUT2D eigenvalue weighted by Gasteiger charge is -2.25. The third-order valence-electron chi connectivity index (χ3n) is 5.18. The molecule has 3 N–H and O–H groups in total. The summed E-state index contributed by atoms with van der Waals surface area (Å²) in [4.78, 5) is 43.2. The summed E-state index contributed by atoms with van der Waals surface area (Å²) in [6.45, 7) is 4.50. The number of nitrogen functional groups attached to an aromatic ring is 1. The Hall–Kier alpha value is -3.30. The maximum atomic E-state index is 13.4. The number of nitrogens with two attached hydrogens (primary N) is 1. The van der Waals surface area contributed by atoms with Crippen molar-refractivity contribution in [2.75, 3.05) is 30.1 Å². The molecule has 0 aliphatic heterocycles. The van der Waals surface area contributed by atoms with Crippen molar-refractivity contribution in [3.8, 4) is 0 Å². The number of rotatable bonds is 9. The lowest BCUT2D eigenvalue weighted by atomic mass is 10.2. The van der Waals surface area contributed by atoms with Gasteiger partial charge in [0.25, 0.3) is 5.56 Å². The predicted octanol–water partition coefficient (Wildman–Crippen LogP) is 2.71. The molecule has 3 rings (SSSR count). The summed E-state index contributed by atoms with van der Waals surface area (Å²) in [5.74, 6) is -0.256. The van der Waals surface area contributed by atoms with E-state index in [2.05, 4.69) is 4.98 Å². The van der Waals surface area contributed by atoms with Crippen molar-refractivity contribution >= 4 is 29.2 Å². The van der Waals surface area contributed by atoms with Gasteiger partial charge in [-0.25, -0.2) is 4.79 Å². The van der Waals surface area contributed by atoms with E-state index in [4.69, 9.17) is 10.5 Å². The first kappa shape index (κ1) is 24.3. The highest BCUT2D eigenvalue weighted by molar-refractivity contribution is 8.00. The number of nitrogens with zero attached hydrogens (tertiary/aromatic N) is 2. The van der Waals surface area contributed by atoms with Gasteiger partial charge in [0.05, 0.1) is 25.4 Å². The van der Waals surface area contributed by atoms with Crippen molar-refractivity contribution in [2.24, 2.45) is 0 Å². The Morgan fingerprint density at radius 3 is 2.58 bits per heavy atom. The second-order valence-corrected chi connectivity index (χ2v) is 8.68. The molecule has 1 aromatic heterocycles. The zero-order valence-electron chi connectivity index (χ0n) is 19.0. The van der Waals surface area contributed by atoms with E-state index in [-0.39, 0.29) is 42.9 Å². The average Bonchev–Trinajstić information content (AvgIpc) is 2.79. The highest BCUT2D eigenvalue weighted by atomic mass is 32.2. The molecule has 0 bridgehead atoms. The number of aryl methyl sites for hydroxylation is 2. The highest BCUT2D eigenvalue weighted by Gasteiger charge is 2.25. The minimum atomic E-state index is -0.702. The first-order valence-corrected chi connectivity index (χ1v) is 11.5. The Balaban J connectivity index is 1.99. The number of hydrogen-bond acceptors (Lipinski definition) is 6. The molecule has 3 aromatic rings. The van der Waals surface area contributed by atoms with Gasteiger partial charge in [-0.1, -0.05) is 48.0 Å². The number of aromatic amines is 1.